The topological polar surface area (TPSA) is 56.3 Å². The number of nitrogens with one attached hydrogen (secondary N) is 1. The lowest BCUT2D eigenvalue weighted by Gasteiger charge is -2.12. The molecule has 0 aliphatic carbocycles. The molecule has 0 bridgehead atoms. The van der Waals surface area contributed by atoms with Gasteiger partial charge < -0.3 is 14.8 Å². The number of aromatic nitrogens is 2. The van der Waals surface area contributed by atoms with Crippen molar-refractivity contribution in [3.8, 4) is 23.8 Å². The molecule has 0 aliphatic heterocycles. The molecule has 0 fully saturated rings. The van der Waals surface area contributed by atoms with E-state index in [9.17, 15) is 4.39 Å². The minimum atomic E-state index is -0.842. The van der Waals surface area contributed by atoms with Crippen LogP contribution in [0.1, 0.15) is 5.56 Å². The number of methoxy groups -OCH3 is 2. The zero-order valence-electron chi connectivity index (χ0n) is 13.1. The second kappa shape index (κ2) is 6.42. The van der Waals surface area contributed by atoms with Crippen LogP contribution in [0, 0.1) is 18.4 Å². The van der Waals surface area contributed by atoms with E-state index in [4.69, 9.17) is 15.9 Å². The predicted molar refractivity (Wildman–Crippen MR) is 90.3 cm³/mol. The van der Waals surface area contributed by atoms with Crippen molar-refractivity contribution in [3.05, 3.63) is 48.0 Å². The highest BCUT2D eigenvalue weighted by molar-refractivity contribution is 5.93. The van der Waals surface area contributed by atoms with Gasteiger partial charge >= 0.3 is 6.08 Å². The molecule has 0 amide bonds. The first-order valence-electron chi connectivity index (χ1n) is 7.07. The summed E-state index contributed by atoms with van der Waals surface area (Å²) in [5.41, 5.74) is 1.80. The maximum absolute atomic E-state index is 13.8. The van der Waals surface area contributed by atoms with E-state index in [0.29, 0.717) is 39.5 Å². The molecular formula is C18H14FN3O2. The lowest BCUT2D eigenvalue weighted by atomic mass is 10.2. The highest BCUT2D eigenvalue weighted by Crippen LogP contribution is 2.34. The van der Waals surface area contributed by atoms with Crippen LogP contribution in [0.2, 0.25) is 0 Å². The maximum Gasteiger partial charge on any atom is 0.311 e. The Morgan fingerprint density at radius 2 is 1.83 bits per heavy atom. The number of nitrogens with zero attached hydrogens (tertiary/aromatic N) is 2. The van der Waals surface area contributed by atoms with Gasteiger partial charge in [-0.25, -0.2) is 4.98 Å². The molecular weight excluding hydrogens is 309 g/mol. The van der Waals surface area contributed by atoms with Crippen LogP contribution in [0.5, 0.6) is 11.5 Å². The summed E-state index contributed by atoms with van der Waals surface area (Å²) >= 11 is 0. The Kier molecular flexibility index (Phi) is 4.17. The first kappa shape index (κ1) is 15.6. The van der Waals surface area contributed by atoms with Crippen molar-refractivity contribution in [2.75, 3.05) is 19.5 Å². The van der Waals surface area contributed by atoms with Gasteiger partial charge in [0.15, 0.2) is 11.5 Å². The van der Waals surface area contributed by atoms with Gasteiger partial charge in [-0.15, -0.1) is 6.42 Å². The van der Waals surface area contributed by atoms with Gasteiger partial charge in [-0.05, 0) is 24.3 Å². The van der Waals surface area contributed by atoms with Crippen LogP contribution in [0.4, 0.5) is 15.9 Å². The number of rotatable bonds is 4. The van der Waals surface area contributed by atoms with Crippen LogP contribution in [0.3, 0.4) is 0 Å². The Morgan fingerprint density at radius 3 is 2.54 bits per heavy atom. The third-order valence-electron chi connectivity index (χ3n) is 3.47. The molecule has 0 radical (unpaired) electrons. The van der Waals surface area contributed by atoms with Crippen LogP contribution < -0.4 is 14.8 Å². The zero-order chi connectivity index (χ0) is 17.1. The molecule has 0 spiro atoms. The third-order valence-corrected chi connectivity index (χ3v) is 3.47. The zero-order valence-corrected chi connectivity index (χ0v) is 13.1. The molecule has 0 atom stereocenters. The number of halogens is 1. The number of hydrogen-bond acceptors (Lipinski definition) is 5. The molecule has 2 aromatic carbocycles. The van der Waals surface area contributed by atoms with Crippen LogP contribution in [0.25, 0.3) is 10.9 Å². The van der Waals surface area contributed by atoms with E-state index in [1.807, 2.05) is 6.07 Å². The van der Waals surface area contributed by atoms with Crippen molar-refractivity contribution in [1.82, 2.24) is 9.97 Å². The van der Waals surface area contributed by atoms with Gasteiger partial charge in [-0.1, -0.05) is 12.0 Å². The number of anilines is 2. The summed E-state index contributed by atoms with van der Waals surface area (Å²) in [6, 6.07) is 10.5. The molecule has 1 N–H and O–H groups in total. The second-order valence-corrected chi connectivity index (χ2v) is 4.92. The fraction of sp³-hybridized carbons (Fsp3) is 0.111. The van der Waals surface area contributed by atoms with Crippen molar-refractivity contribution < 1.29 is 13.9 Å². The summed E-state index contributed by atoms with van der Waals surface area (Å²) in [4.78, 5) is 7.66. The average molecular weight is 323 g/mol. The molecule has 24 heavy (non-hydrogen) atoms. The largest absolute Gasteiger partial charge is 0.493 e. The Labute approximate surface area is 138 Å². The Bertz CT molecular complexity index is 951. The Hall–Kier alpha value is -3.33. The lowest BCUT2D eigenvalue weighted by Crippen LogP contribution is -2.01. The van der Waals surface area contributed by atoms with Crippen molar-refractivity contribution >= 4 is 22.4 Å². The molecule has 5 nitrogen and oxygen atoms in total. The van der Waals surface area contributed by atoms with Crippen LogP contribution in [-0.2, 0) is 0 Å². The third kappa shape index (κ3) is 2.92. The fourth-order valence-corrected chi connectivity index (χ4v) is 2.35. The standard InChI is InChI=1S/C18H14FN3O2/c1-4-11-6-5-7-12(8-11)20-17-13-9-15(23-2)16(24-3)10-14(13)21-18(19)22-17/h1,5-10H,2-3H3,(H,20,21,22). The Balaban J connectivity index is 2.14. The molecule has 3 aromatic rings. The molecule has 3 rings (SSSR count). The van der Waals surface area contributed by atoms with Crippen LogP contribution in [0.15, 0.2) is 36.4 Å². The van der Waals surface area contributed by atoms with Crippen molar-refractivity contribution in [2.24, 2.45) is 0 Å². The normalized spacial score (nSPS) is 10.2. The number of fused-ring (bicyclic) bond motifs is 1. The highest BCUT2D eigenvalue weighted by Gasteiger charge is 2.13. The molecule has 6 heteroatoms. The molecule has 0 unspecified atom stereocenters. The summed E-state index contributed by atoms with van der Waals surface area (Å²) in [5, 5.41) is 3.67. The molecule has 1 heterocycles. The quantitative estimate of drug-likeness (QED) is 0.588. The first-order chi connectivity index (χ1) is 11.6. The number of hydrogen-bond donors (Lipinski definition) is 1. The number of ether oxygens (including phenoxy) is 2. The summed E-state index contributed by atoms with van der Waals surface area (Å²) < 4.78 is 24.3. The summed E-state index contributed by atoms with van der Waals surface area (Å²) in [6.45, 7) is 0. The first-order valence-corrected chi connectivity index (χ1v) is 7.07. The molecule has 0 aliphatic rings. The Morgan fingerprint density at radius 1 is 1.08 bits per heavy atom. The van der Waals surface area contributed by atoms with Gasteiger partial charge in [0.2, 0.25) is 0 Å². The predicted octanol–water partition coefficient (Wildman–Crippen LogP) is 3.51. The summed E-state index contributed by atoms with van der Waals surface area (Å²) in [5.74, 6) is 3.83. The minimum Gasteiger partial charge on any atom is -0.493 e. The monoisotopic (exact) mass is 323 g/mol. The molecule has 1 aromatic heterocycles. The van der Waals surface area contributed by atoms with Gasteiger partial charge in [0, 0.05) is 22.7 Å². The number of benzene rings is 2. The average Bonchev–Trinajstić information content (AvgIpc) is 2.60. The fourth-order valence-electron chi connectivity index (χ4n) is 2.35. The van der Waals surface area contributed by atoms with Crippen LogP contribution in [-0.4, -0.2) is 24.2 Å². The van der Waals surface area contributed by atoms with Gasteiger partial charge in [-0.3, -0.25) is 0 Å². The van der Waals surface area contributed by atoms with E-state index in [0.717, 1.165) is 0 Å². The lowest BCUT2D eigenvalue weighted by molar-refractivity contribution is 0.355. The second-order valence-electron chi connectivity index (χ2n) is 4.92. The van der Waals surface area contributed by atoms with Crippen molar-refractivity contribution in [2.45, 2.75) is 0 Å². The summed E-state index contributed by atoms with van der Waals surface area (Å²) in [7, 11) is 3.03. The van der Waals surface area contributed by atoms with Gasteiger partial charge in [0.1, 0.15) is 5.82 Å². The van der Waals surface area contributed by atoms with E-state index < -0.39 is 6.08 Å². The van der Waals surface area contributed by atoms with E-state index in [2.05, 4.69) is 21.2 Å². The van der Waals surface area contributed by atoms with Crippen LogP contribution >= 0.6 is 0 Å². The summed E-state index contributed by atoms with van der Waals surface area (Å²) in [6.07, 6.45) is 4.56. The highest BCUT2D eigenvalue weighted by atomic mass is 19.1. The molecule has 0 saturated heterocycles. The SMILES string of the molecule is C#Cc1cccc(Nc2nc(F)nc3cc(OC)c(OC)cc23)c1. The van der Waals surface area contributed by atoms with Crippen molar-refractivity contribution in [3.63, 3.8) is 0 Å². The van der Waals surface area contributed by atoms with Crippen molar-refractivity contribution in [1.29, 1.82) is 0 Å². The van der Waals surface area contributed by atoms with Gasteiger partial charge in [0.05, 0.1) is 19.7 Å². The maximum atomic E-state index is 13.8. The smallest absolute Gasteiger partial charge is 0.311 e. The minimum absolute atomic E-state index is 0.313. The van der Waals surface area contributed by atoms with E-state index >= 15 is 0 Å². The van der Waals surface area contributed by atoms with E-state index in [1.165, 1.54) is 14.2 Å². The van der Waals surface area contributed by atoms with E-state index in [-0.39, 0.29) is 0 Å². The molecule has 0 saturated carbocycles. The van der Waals surface area contributed by atoms with Gasteiger partial charge in [0.25, 0.3) is 0 Å². The van der Waals surface area contributed by atoms with Gasteiger partial charge in [-0.2, -0.15) is 9.37 Å². The number of terminal acetylenes is 1. The van der Waals surface area contributed by atoms with E-state index in [1.54, 1.807) is 30.3 Å². The molecule has 120 valence electrons.